The Balaban J connectivity index is 0.00000280. The second kappa shape index (κ2) is 11.8. The van der Waals surface area contributed by atoms with Crippen molar-refractivity contribution in [3.63, 3.8) is 0 Å². The Labute approximate surface area is 187 Å². The lowest BCUT2D eigenvalue weighted by Gasteiger charge is -2.27. The maximum absolute atomic E-state index is 4.97. The average molecular weight is 497 g/mol. The molecule has 2 atom stereocenters. The van der Waals surface area contributed by atoms with Gasteiger partial charge in [0.15, 0.2) is 5.96 Å². The molecule has 1 saturated heterocycles. The molecule has 3 rings (SSSR count). The van der Waals surface area contributed by atoms with Gasteiger partial charge in [-0.3, -0.25) is 14.8 Å². The van der Waals surface area contributed by atoms with Crippen molar-refractivity contribution in [1.82, 2.24) is 20.0 Å². The second-order valence-electron chi connectivity index (χ2n) is 7.76. The third-order valence-corrected chi connectivity index (χ3v) is 5.69. The maximum Gasteiger partial charge on any atom is 0.194 e. The van der Waals surface area contributed by atoms with Gasteiger partial charge < -0.3 is 10.2 Å². The van der Waals surface area contributed by atoms with Crippen molar-refractivity contribution in [2.75, 3.05) is 46.3 Å². The zero-order chi connectivity index (χ0) is 19.1. The highest BCUT2D eigenvalue weighted by atomic mass is 127. The van der Waals surface area contributed by atoms with E-state index in [0.717, 1.165) is 51.8 Å². The van der Waals surface area contributed by atoms with Gasteiger partial charge in [-0.2, -0.15) is 0 Å². The Kier molecular flexibility index (Phi) is 9.74. The Morgan fingerprint density at radius 2 is 1.96 bits per heavy atom. The van der Waals surface area contributed by atoms with Crippen molar-refractivity contribution in [2.45, 2.75) is 38.9 Å². The van der Waals surface area contributed by atoms with Crippen molar-refractivity contribution in [2.24, 2.45) is 4.99 Å². The molecule has 6 heteroatoms. The molecule has 0 bridgehead atoms. The number of hydrogen-bond acceptors (Lipinski definition) is 3. The number of hydrogen-bond donors (Lipinski definition) is 1. The third-order valence-electron chi connectivity index (χ3n) is 5.69. The van der Waals surface area contributed by atoms with Crippen molar-refractivity contribution < 1.29 is 0 Å². The van der Waals surface area contributed by atoms with Gasteiger partial charge in [-0.25, -0.2) is 0 Å². The van der Waals surface area contributed by atoms with Crippen LogP contribution in [0.4, 0.5) is 0 Å². The van der Waals surface area contributed by atoms with Crippen LogP contribution in [0.5, 0.6) is 0 Å². The number of nitrogens with zero attached hydrogens (tertiary/aromatic N) is 4. The Morgan fingerprint density at radius 1 is 1.25 bits per heavy atom. The van der Waals surface area contributed by atoms with E-state index in [0.29, 0.717) is 12.1 Å². The normalized spacial score (nSPS) is 21.2. The fourth-order valence-corrected chi connectivity index (χ4v) is 3.84. The van der Waals surface area contributed by atoms with Gasteiger partial charge in [0.1, 0.15) is 0 Å². The predicted octanol–water partition coefficient (Wildman–Crippen LogP) is 3.04. The number of aliphatic imine (C=N–C) groups is 1. The number of likely N-dealkylation sites (tertiary alicyclic amines) is 1. The highest BCUT2D eigenvalue weighted by molar-refractivity contribution is 14.0. The van der Waals surface area contributed by atoms with Gasteiger partial charge in [-0.15, -0.1) is 24.0 Å². The van der Waals surface area contributed by atoms with E-state index in [-0.39, 0.29) is 24.0 Å². The summed E-state index contributed by atoms with van der Waals surface area (Å²) < 4.78 is 0. The van der Waals surface area contributed by atoms with Crippen LogP contribution >= 0.6 is 24.0 Å². The first-order chi connectivity index (χ1) is 13.2. The molecule has 0 amide bonds. The highest BCUT2D eigenvalue weighted by Crippen LogP contribution is 2.18. The minimum Gasteiger partial charge on any atom is -0.357 e. The van der Waals surface area contributed by atoms with E-state index in [1.807, 2.05) is 0 Å². The topological polar surface area (TPSA) is 34.1 Å². The first kappa shape index (κ1) is 23.2. The molecule has 5 nitrogen and oxygen atoms in total. The zero-order valence-corrected chi connectivity index (χ0v) is 19.9. The van der Waals surface area contributed by atoms with E-state index in [2.05, 4.69) is 83.4 Å². The number of guanidine groups is 1. The molecule has 1 fully saturated rings. The molecule has 2 heterocycles. The molecule has 1 aromatic rings. The first-order valence-electron chi connectivity index (χ1n) is 10.3. The van der Waals surface area contributed by atoms with Crippen molar-refractivity contribution in [1.29, 1.82) is 0 Å². The van der Waals surface area contributed by atoms with Crippen LogP contribution in [0, 0.1) is 0 Å². The Bertz CT molecular complexity index is 625. The lowest BCUT2D eigenvalue weighted by molar-refractivity contribution is 0.252. The third kappa shape index (κ3) is 6.46. The Hall–Kier alpha value is -1.12. The van der Waals surface area contributed by atoms with Crippen LogP contribution in [0.1, 0.15) is 25.8 Å². The fraction of sp³-hybridized carbons (Fsp3) is 0.591. The van der Waals surface area contributed by atoms with Crippen molar-refractivity contribution in [3.05, 3.63) is 48.0 Å². The number of likely N-dealkylation sites (N-methyl/N-ethyl adjacent to an activating group) is 1. The van der Waals surface area contributed by atoms with Gasteiger partial charge in [0.25, 0.3) is 0 Å². The first-order valence-corrected chi connectivity index (χ1v) is 10.3. The summed E-state index contributed by atoms with van der Waals surface area (Å²) in [6.45, 7) is 11.5. The van der Waals surface area contributed by atoms with Gasteiger partial charge >= 0.3 is 0 Å². The fourth-order valence-electron chi connectivity index (χ4n) is 3.84. The van der Waals surface area contributed by atoms with Gasteiger partial charge in [0.2, 0.25) is 0 Å². The average Bonchev–Trinajstić information content (AvgIpc) is 3.37. The summed E-state index contributed by atoms with van der Waals surface area (Å²) in [5.74, 6) is 1.08. The van der Waals surface area contributed by atoms with E-state index < -0.39 is 0 Å². The monoisotopic (exact) mass is 497 g/mol. The molecule has 0 radical (unpaired) electrons. The standard InChI is InChI=1S/C22H35N5.HI/c1-4-23-22(27-15-12-21(18-27)26-13-8-9-14-26)24-16-19(2)25(3)17-20-10-6-5-7-11-20;/h5-11,19,21H,4,12-18H2,1-3H3,(H,23,24);1H. The van der Waals surface area contributed by atoms with E-state index in [1.165, 1.54) is 12.0 Å². The summed E-state index contributed by atoms with van der Waals surface area (Å²) >= 11 is 0. The van der Waals surface area contributed by atoms with Crippen LogP contribution in [-0.2, 0) is 6.54 Å². The van der Waals surface area contributed by atoms with E-state index in [9.17, 15) is 0 Å². The smallest absolute Gasteiger partial charge is 0.194 e. The summed E-state index contributed by atoms with van der Waals surface area (Å²) in [7, 11) is 2.19. The largest absolute Gasteiger partial charge is 0.357 e. The molecule has 0 aliphatic carbocycles. The summed E-state index contributed by atoms with van der Waals surface area (Å²) in [6.07, 6.45) is 5.80. The summed E-state index contributed by atoms with van der Waals surface area (Å²) in [5.41, 5.74) is 1.35. The van der Waals surface area contributed by atoms with Gasteiger partial charge in [0.05, 0.1) is 6.54 Å². The van der Waals surface area contributed by atoms with E-state index in [1.54, 1.807) is 0 Å². The molecule has 0 saturated carbocycles. The number of halogens is 1. The molecule has 28 heavy (non-hydrogen) atoms. The highest BCUT2D eigenvalue weighted by Gasteiger charge is 2.29. The van der Waals surface area contributed by atoms with Crippen molar-refractivity contribution in [3.8, 4) is 0 Å². The van der Waals surface area contributed by atoms with Crippen LogP contribution in [0.3, 0.4) is 0 Å². The molecular formula is C22H36IN5. The van der Waals surface area contributed by atoms with Crippen molar-refractivity contribution >= 4 is 29.9 Å². The molecule has 156 valence electrons. The maximum atomic E-state index is 4.97. The van der Waals surface area contributed by atoms with Crippen LogP contribution in [0.2, 0.25) is 0 Å². The number of rotatable bonds is 7. The van der Waals surface area contributed by atoms with Crippen LogP contribution in [0.25, 0.3) is 0 Å². The minimum atomic E-state index is 0. The van der Waals surface area contributed by atoms with Crippen LogP contribution in [-0.4, -0.2) is 79.1 Å². The number of benzene rings is 1. The van der Waals surface area contributed by atoms with Gasteiger partial charge in [-0.05, 0) is 32.9 Å². The molecule has 1 N–H and O–H groups in total. The molecule has 0 aromatic heterocycles. The second-order valence-corrected chi connectivity index (χ2v) is 7.76. The van der Waals surface area contributed by atoms with Gasteiger partial charge in [-0.1, -0.05) is 42.5 Å². The predicted molar refractivity (Wildman–Crippen MR) is 129 cm³/mol. The lowest BCUT2D eigenvalue weighted by Crippen LogP contribution is -2.43. The van der Waals surface area contributed by atoms with Crippen LogP contribution < -0.4 is 5.32 Å². The zero-order valence-electron chi connectivity index (χ0n) is 17.6. The molecule has 2 aliphatic rings. The quantitative estimate of drug-likeness (QED) is 0.272. The SMILES string of the molecule is CCNC(=NCC(C)N(C)Cc1ccccc1)N1CCC(N2CC=CC2)C1.I. The summed E-state index contributed by atoms with van der Waals surface area (Å²) in [4.78, 5) is 12.4. The van der Waals surface area contributed by atoms with Gasteiger partial charge in [0, 0.05) is 51.4 Å². The van der Waals surface area contributed by atoms with E-state index in [4.69, 9.17) is 4.99 Å². The van der Waals surface area contributed by atoms with Crippen LogP contribution in [0.15, 0.2) is 47.5 Å². The molecule has 1 aromatic carbocycles. The molecule has 2 aliphatic heterocycles. The Morgan fingerprint density at radius 3 is 2.64 bits per heavy atom. The lowest BCUT2D eigenvalue weighted by atomic mass is 10.2. The number of nitrogens with one attached hydrogen (secondary N) is 1. The minimum absolute atomic E-state index is 0. The van der Waals surface area contributed by atoms with E-state index >= 15 is 0 Å². The molecular weight excluding hydrogens is 461 g/mol. The summed E-state index contributed by atoms with van der Waals surface area (Å²) in [6, 6.07) is 11.7. The summed E-state index contributed by atoms with van der Waals surface area (Å²) in [5, 5.41) is 3.50. The molecule has 2 unspecified atom stereocenters. The molecule has 0 spiro atoms.